The first kappa shape index (κ1) is 19.1. The number of benzene rings is 1. The number of hydrogen-bond donors (Lipinski definition) is 2. The molecule has 0 fully saturated rings. The second-order valence-corrected chi connectivity index (χ2v) is 5.63. The molecule has 1 aromatic rings. The van der Waals surface area contributed by atoms with Crippen molar-refractivity contribution in [2.24, 2.45) is 5.73 Å². The van der Waals surface area contributed by atoms with Crippen molar-refractivity contribution in [3.05, 3.63) is 35.4 Å². The fourth-order valence-electron chi connectivity index (χ4n) is 1.70. The van der Waals surface area contributed by atoms with E-state index in [0.29, 0.717) is 17.7 Å². The number of esters is 1. The van der Waals surface area contributed by atoms with Gasteiger partial charge in [-0.3, -0.25) is 0 Å². The van der Waals surface area contributed by atoms with Gasteiger partial charge in [0.15, 0.2) is 0 Å². The van der Waals surface area contributed by atoms with Gasteiger partial charge in [-0.05, 0) is 36.1 Å². The number of halogens is 3. The summed E-state index contributed by atoms with van der Waals surface area (Å²) in [4.78, 5) is 22.8. The molecule has 128 valence electrons. The molecule has 3 N–H and O–H groups in total. The van der Waals surface area contributed by atoms with E-state index in [-0.39, 0.29) is 6.61 Å². The molecule has 1 aromatic carbocycles. The van der Waals surface area contributed by atoms with Crippen LogP contribution in [0.25, 0.3) is 0 Å². The Hall–Kier alpha value is -1.90. The highest BCUT2D eigenvalue weighted by Crippen LogP contribution is 2.29. The van der Waals surface area contributed by atoms with E-state index in [0.717, 1.165) is 12.1 Å². The molecule has 23 heavy (non-hydrogen) atoms. The quantitative estimate of drug-likeness (QED) is 0.741. The molecule has 0 saturated carbocycles. The Labute approximate surface area is 135 Å². The zero-order chi connectivity index (χ0) is 17.5. The molecule has 0 spiro atoms. The van der Waals surface area contributed by atoms with Gasteiger partial charge in [0.1, 0.15) is 12.6 Å². The van der Waals surface area contributed by atoms with Gasteiger partial charge >= 0.3 is 18.2 Å². The van der Waals surface area contributed by atoms with Gasteiger partial charge in [-0.2, -0.15) is 24.9 Å². The monoisotopic (exact) mass is 350 g/mol. The summed E-state index contributed by atoms with van der Waals surface area (Å²) in [5, 5.41) is 2.28. The molecule has 5 nitrogen and oxygen atoms in total. The Kier molecular flexibility index (Phi) is 7.21. The topological polar surface area (TPSA) is 81.4 Å². The van der Waals surface area contributed by atoms with E-state index in [1.807, 2.05) is 6.26 Å². The number of rotatable bonds is 7. The molecule has 2 amide bonds. The van der Waals surface area contributed by atoms with Crippen molar-refractivity contribution in [3.8, 4) is 0 Å². The molecule has 1 atom stereocenters. The van der Waals surface area contributed by atoms with Crippen LogP contribution in [-0.2, 0) is 22.3 Å². The number of nitrogens with two attached hydrogens (primary N) is 1. The molecular weight excluding hydrogens is 333 g/mol. The van der Waals surface area contributed by atoms with Gasteiger partial charge in [0.05, 0.1) is 5.56 Å². The van der Waals surface area contributed by atoms with Crippen LogP contribution >= 0.6 is 11.8 Å². The van der Waals surface area contributed by atoms with Crippen molar-refractivity contribution in [2.75, 3.05) is 12.0 Å². The Morgan fingerprint density at radius 3 is 2.39 bits per heavy atom. The Bertz CT molecular complexity index is 535. The summed E-state index contributed by atoms with van der Waals surface area (Å²) in [5.41, 5.74) is 4.63. The SMILES string of the molecule is CSCC[C@@H](NC(N)=O)C(=O)OCc1ccc(C(F)(F)F)cc1. The van der Waals surface area contributed by atoms with Gasteiger partial charge < -0.3 is 15.8 Å². The number of alkyl halides is 3. The summed E-state index contributed by atoms with van der Waals surface area (Å²) in [7, 11) is 0. The lowest BCUT2D eigenvalue weighted by atomic mass is 10.1. The van der Waals surface area contributed by atoms with E-state index in [2.05, 4.69) is 5.32 Å². The fraction of sp³-hybridized carbons (Fsp3) is 0.429. The zero-order valence-electron chi connectivity index (χ0n) is 12.4. The lowest BCUT2D eigenvalue weighted by Crippen LogP contribution is -2.44. The molecule has 0 aliphatic carbocycles. The number of nitrogens with one attached hydrogen (secondary N) is 1. The highest BCUT2D eigenvalue weighted by molar-refractivity contribution is 7.98. The molecule has 0 aromatic heterocycles. The summed E-state index contributed by atoms with van der Waals surface area (Å²) in [5.74, 6) is -0.0712. The second-order valence-electron chi connectivity index (χ2n) is 4.65. The van der Waals surface area contributed by atoms with Crippen molar-refractivity contribution >= 4 is 23.8 Å². The maximum Gasteiger partial charge on any atom is 0.416 e. The third-order valence-corrected chi connectivity index (χ3v) is 3.52. The number of urea groups is 1. The largest absolute Gasteiger partial charge is 0.459 e. The summed E-state index contributed by atoms with van der Waals surface area (Å²) in [6.07, 6.45) is -2.23. The molecule has 0 aliphatic heterocycles. The maximum atomic E-state index is 12.4. The molecule has 0 saturated heterocycles. The van der Waals surface area contributed by atoms with Crippen LogP contribution < -0.4 is 11.1 Å². The molecule has 9 heteroatoms. The highest BCUT2D eigenvalue weighted by Gasteiger charge is 2.30. The molecule has 0 bridgehead atoms. The minimum atomic E-state index is -4.41. The Balaban J connectivity index is 2.60. The molecule has 0 aliphatic rings. The van der Waals surface area contributed by atoms with E-state index in [9.17, 15) is 22.8 Å². The van der Waals surface area contributed by atoms with Crippen LogP contribution in [0.15, 0.2) is 24.3 Å². The number of ether oxygens (including phenoxy) is 1. The van der Waals surface area contributed by atoms with E-state index in [1.165, 1.54) is 23.9 Å². The predicted octanol–water partition coefficient (Wildman–Crippen LogP) is 2.54. The number of primary amides is 1. The number of carbonyl (C=O) groups is 2. The average Bonchev–Trinajstić information content (AvgIpc) is 2.48. The second kappa shape index (κ2) is 8.66. The van der Waals surface area contributed by atoms with Crippen molar-refractivity contribution < 1.29 is 27.5 Å². The summed E-state index contributed by atoms with van der Waals surface area (Å²) in [6, 6.07) is 2.56. The van der Waals surface area contributed by atoms with Crippen molar-refractivity contribution in [1.29, 1.82) is 0 Å². The maximum absolute atomic E-state index is 12.4. The van der Waals surface area contributed by atoms with Crippen LogP contribution in [0.4, 0.5) is 18.0 Å². The molecule has 0 unspecified atom stereocenters. The van der Waals surface area contributed by atoms with Crippen LogP contribution in [0.2, 0.25) is 0 Å². The normalized spacial score (nSPS) is 12.5. The summed E-state index contributed by atoms with van der Waals surface area (Å²) in [6.45, 7) is -0.187. The minimum absolute atomic E-state index is 0.187. The average molecular weight is 350 g/mol. The molecule has 0 radical (unpaired) electrons. The molecular formula is C14H17F3N2O3S. The number of carbonyl (C=O) groups excluding carboxylic acids is 2. The molecule has 1 rings (SSSR count). The number of thioether (sulfide) groups is 1. The van der Waals surface area contributed by atoms with Gasteiger partial charge in [0.25, 0.3) is 0 Å². The Morgan fingerprint density at radius 2 is 1.91 bits per heavy atom. The van der Waals surface area contributed by atoms with Crippen LogP contribution in [0.3, 0.4) is 0 Å². The van der Waals surface area contributed by atoms with Gasteiger partial charge in [0.2, 0.25) is 0 Å². The highest BCUT2D eigenvalue weighted by atomic mass is 32.2. The third kappa shape index (κ3) is 6.81. The minimum Gasteiger partial charge on any atom is -0.459 e. The first-order valence-electron chi connectivity index (χ1n) is 6.61. The van der Waals surface area contributed by atoms with Gasteiger partial charge in [-0.25, -0.2) is 9.59 Å². The van der Waals surface area contributed by atoms with E-state index in [4.69, 9.17) is 10.5 Å². The first-order chi connectivity index (χ1) is 10.7. The lowest BCUT2D eigenvalue weighted by Gasteiger charge is -2.16. The van der Waals surface area contributed by atoms with E-state index >= 15 is 0 Å². The first-order valence-corrected chi connectivity index (χ1v) is 8.01. The smallest absolute Gasteiger partial charge is 0.416 e. The van der Waals surface area contributed by atoms with Crippen LogP contribution in [-0.4, -0.2) is 30.1 Å². The van der Waals surface area contributed by atoms with E-state index < -0.39 is 29.8 Å². The Morgan fingerprint density at radius 1 is 1.30 bits per heavy atom. The van der Waals surface area contributed by atoms with Gasteiger partial charge in [-0.1, -0.05) is 12.1 Å². The third-order valence-electron chi connectivity index (χ3n) is 2.87. The van der Waals surface area contributed by atoms with Crippen LogP contribution in [0, 0.1) is 0 Å². The van der Waals surface area contributed by atoms with Gasteiger partial charge in [-0.15, -0.1) is 0 Å². The number of hydrogen-bond acceptors (Lipinski definition) is 4. The zero-order valence-corrected chi connectivity index (χ0v) is 13.2. The molecule has 0 heterocycles. The summed E-state index contributed by atoms with van der Waals surface area (Å²) >= 11 is 1.49. The summed E-state index contributed by atoms with van der Waals surface area (Å²) < 4.78 is 42.3. The van der Waals surface area contributed by atoms with Gasteiger partial charge in [0, 0.05) is 0 Å². The van der Waals surface area contributed by atoms with Crippen molar-refractivity contribution in [1.82, 2.24) is 5.32 Å². The van der Waals surface area contributed by atoms with Crippen LogP contribution in [0.1, 0.15) is 17.5 Å². The van der Waals surface area contributed by atoms with E-state index in [1.54, 1.807) is 0 Å². The van der Waals surface area contributed by atoms with Crippen LogP contribution in [0.5, 0.6) is 0 Å². The van der Waals surface area contributed by atoms with Crippen molar-refractivity contribution in [2.45, 2.75) is 25.2 Å². The predicted molar refractivity (Wildman–Crippen MR) is 80.7 cm³/mol. The fourth-order valence-corrected chi connectivity index (χ4v) is 2.17. The lowest BCUT2D eigenvalue weighted by molar-refractivity contribution is -0.147. The standard InChI is InChI=1S/C14H17F3N2O3S/c1-23-7-6-11(19-13(18)21)12(20)22-8-9-2-4-10(5-3-9)14(15,16)17/h2-5,11H,6-8H2,1H3,(H3,18,19,21)/t11-/m1/s1. The number of amides is 2. The van der Waals surface area contributed by atoms with Crippen molar-refractivity contribution in [3.63, 3.8) is 0 Å².